The molecular weight excluding hydrogens is 366 g/mol. The summed E-state index contributed by atoms with van der Waals surface area (Å²) in [6.07, 6.45) is 0. The van der Waals surface area contributed by atoms with Crippen molar-refractivity contribution < 1.29 is 24.1 Å². The number of hydrogen-bond donors (Lipinski definition) is 3. The maximum Gasteiger partial charge on any atom is 0.278 e. The van der Waals surface area contributed by atoms with Crippen LogP contribution in [-0.4, -0.2) is 44.9 Å². The van der Waals surface area contributed by atoms with E-state index < -0.39 is 0 Å². The molecule has 154 valence electrons. The maximum absolute atomic E-state index is 12.6. The van der Waals surface area contributed by atoms with Crippen LogP contribution in [0.2, 0.25) is 0 Å². The molecule has 1 amide bonds. The first kappa shape index (κ1) is 19.7. The van der Waals surface area contributed by atoms with Gasteiger partial charge in [-0.2, -0.15) is 0 Å². The van der Waals surface area contributed by atoms with Gasteiger partial charge in [0.05, 0.1) is 0 Å². The third-order valence-corrected chi connectivity index (χ3v) is 6.08. The first-order chi connectivity index (χ1) is 14.1. The molecule has 0 bridgehead atoms. The van der Waals surface area contributed by atoms with Crippen LogP contribution in [0, 0.1) is 6.92 Å². The fourth-order valence-electron chi connectivity index (χ4n) is 4.11. The third-order valence-electron chi connectivity index (χ3n) is 6.08. The number of carbonyl (C=O) groups is 1. The van der Waals surface area contributed by atoms with Gasteiger partial charge in [0.15, 0.2) is 17.5 Å². The van der Waals surface area contributed by atoms with E-state index in [0.717, 1.165) is 49.8 Å². The number of amides is 1. The second kappa shape index (κ2) is 8.84. The molecule has 4 rings (SSSR count). The van der Waals surface area contributed by atoms with E-state index in [0.29, 0.717) is 13.3 Å². The molecule has 0 spiro atoms. The second-order valence-electron chi connectivity index (χ2n) is 8.20. The number of ether oxygens (including phenoxy) is 2. The molecule has 2 aliphatic rings. The quantitative estimate of drug-likeness (QED) is 0.628. The van der Waals surface area contributed by atoms with Crippen LogP contribution in [0.15, 0.2) is 42.5 Å². The molecule has 2 aromatic carbocycles. The fraction of sp³-hybridized carbons (Fsp3) is 0.435. The van der Waals surface area contributed by atoms with Crippen molar-refractivity contribution in [3.63, 3.8) is 0 Å². The van der Waals surface area contributed by atoms with Crippen LogP contribution in [0.5, 0.6) is 11.5 Å². The van der Waals surface area contributed by atoms with Crippen molar-refractivity contribution >= 4 is 5.91 Å². The van der Waals surface area contributed by atoms with Crippen molar-refractivity contribution in [2.24, 2.45) is 0 Å². The molecule has 0 aromatic heterocycles. The summed E-state index contributed by atoms with van der Waals surface area (Å²) in [6, 6.07) is 14.5. The predicted octanol–water partition coefficient (Wildman–Crippen LogP) is -0.288. The number of nitrogens with one attached hydrogen (secondary N) is 3. The lowest BCUT2D eigenvalue weighted by Crippen LogP contribution is -3.29. The fourth-order valence-corrected chi connectivity index (χ4v) is 4.11. The molecule has 29 heavy (non-hydrogen) atoms. The monoisotopic (exact) mass is 397 g/mol. The summed E-state index contributed by atoms with van der Waals surface area (Å²) in [6.45, 7) is 10.2. The molecule has 6 heteroatoms. The van der Waals surface area contributed by atoms with Crippen LogP contribution < -0.4 is 24.6 Å². The Bertz CT molecular complexity index is 845. The number of carbonyl (C=O) groups excluding carboxylic acids is 1. The van der Waals surface area contributed by atoms with Gasteiger partial charge < -0.3 is 24.6 Å². The molecule has 1 saturated heterocycles. The van der Waals surface area contributed by atoms with Gasteiger partial charge in [0, 0.05) is 12.1 Å². The lowest BCUT2D eigenvalue weighted by atomic mass is 10.1. The summed E-state index contributed by atoms with van der Waals surface area (Å²) in [4.78, 5) is 15.5. The first-order valence-electron chi connectivity index (χ1n) is 10.5. The smallest absolute Gasteiger partial charge is 0.278 e. The van der Waals surface area contributed by atoms with Gasteiger partial charge in [0.1, 0.15) is 32.7 Å². The van der Waals surface area contributed by atoms with Crippen LogP contribution in [-0.2, 0) is 17.9 Å². The van der Waals surface area contributed by atoms with Gasteiger partial charge in [-0.05, 0) is 37.6 Å². The van der Waals surface area contributed by atoms with E-state index in [4.69, 9.17) is 9.47 Å². The summed E-state index contributed by atoms with van der Waals surface area (Å²) in [7, 11) is 0. The summed E-state index contributed by atoms with van der Waals surface area (Å²) in [5.41, 5.74) is 3.65. The van der Waals surface area contributed by atoms with Gasteiger partial charge in [0.2, 0.25) is 6.79 Å². The Kier molecular flexibility index (Phi) is 6.02. The zero-order valence-electron chi connectivity index (χ0n) is 17.3. The van der Waals surface area contributed by atoms with Crippen LogP contribution in [0.4, 0.5) is 0 Å². The van der Waals surface area contributed by atoms with Crippen molar-refractivity contribution in [3.8, 4) is 11.5 Å². The number of quaternary nitrogens is 2. The average molecular weight is 398 g/mol. The Hall–Kier alpha value is -2.57. The Morgan fingerprint density at radius 2 is 1.69 bits per heavy atom. The number of fused-ring (bicyclic) bond motifs is 1. The maximum atomic E-state index is 12.6. The highest BCUT2D eigenvalue weighted by Gasteiger charge is 2.31. The Morgan fingerprint density at radius 3 is 2.45 bits per heavy atom. The molecule has 2 heterocycles. The normalized spacial score (nSPS) is 21.6. The lowest BCUT2D eigenvalue weighted by Gasteiger charge is -2.32. The minimum Gasteiger partial charge on any atom is -0.454 e. The van der Waals surface area contributed by atoms with E-state index in [1.807, 2.05) is 13.0 Å². The van der Waals surface area contributed by atoms with Gasteiger partial charge >= 0.3 is 0 Å². The number of benzene rings is 2. The molecule has 0 radical (unpaired) electrons. The van der Waals surface area contributed by atoms with Crippen LogP contribution >= 0.6 is 0 Å². The van der Waals surface area contributed by atoms with E-state index in [-0.39, 0.29) is 11.9 Å². The van der Waals surface area contributed by atoms with Crippen molar-refractivity contribution in [2.45, 2.75) is 33.0 Å². The summed E-state index contributed by atoms with van der Waals surface area (Å²) in [5.74, 6) is 1.83. The molecule has 6 nitrogen and oxygen atoms in total. The summed E-state index contributed by atoms with van der Waals surface area (Å²) in [5, 5.41) is 3.10. The molecule has 3 N–H and O–H groups in total. The molecule has 2 aromatic rings. The van der Waals surface area contributed by atoms with E-state index in [2.05, 4.69) is 48.6 Å². The van der Waals surface area contributed by atoms with E-state index in [1.165, 1.54) is 16.0 Å². The number of rotatable bonds is 6. The molecular formula is C23H31N3O3+2. The molecule has 0 unspecified atom stereocenters. The van der Waals surface area contributed by atoms with Gasteiger partial charge in [-0.3, -0.25) is 4.79 Å². The highest BCUT2D eigenvalue weighted by Crippen LogP contribution is 2.32. The minimum absolute atomic E-state index is 0.0208. The molecule has 0 aliphatic carbocycles. The molecule has 0 saturated carbocycles. The number of hydrogen-bond acceptors (Lipinski definition) is 3. The van der Waals surface area contributed by atoms with Crippen LogP contribution in [0.25, 0.3) is 0 Å². The number of piperazine rings is 1. The largest absolute Gasteiger partial charge is 0.454 e. The van der Waals surface area contributed by atoms with Crippen molar-refractivity contribution in [1.29, 1.82) is 0 Å². The van der Waals surface area contributed by atoms with Gasteiger partial charge in [-0.15, -0.1) is 0 Å². The average Bonchev–Trinajstić information content (AvgIpc) is 3.21. The molecule has 2 aliphatic heterocycles. The lowest BCUT2D eigenvalue weighted by molar-refractivity contribution is -1.02. The van der Waals surface area contributed by atoms with Crippen molar-refractivity contribution in [1.82, 2.24) is 5.32 Å². The molecule has 1 fully saturated rings. The van der Waals surface area contributed by atoms with E-state index in [9.17, 15) is 4.79 Å². The standard InChI is InChI=1S/C23H29N3O3/c1-17-3-5-19(6-4-17)14-24-23(27)18(2)26-11-9-25(10-12-26)15-20-7-8-21-22(13-20)29-16-28-21/h3-8,13,18H,9-12,14-16H2,1-2H3,(H,24,27)/p+2/t18-/m1/s1. The van der Waals surface area contributed by atoms with Gasteiger partial charge in [-0.1, -0.05) is 29.8 Å². The second-order valence-corrected chi connectivity index (χ2v) is 8.20. The van der Waals surface area contributed by atoms with Crippen LogP contribution in [0.3, 0.4) is 0 Å². The van der Waals surface area contributed by atoms with E-state index in [1.54, 1.807) is 4.90 Å². The Balaban J connectivity index is 1.23. The predicted molar refractivity (Wildman–Crippen MR) is 110 cm³/mol. The van der Waals surface area contributed by atoms with Crippen molar-refractivity contribution in [2.75, 3.05) is 33.0 Å². The SMILES string of the molecule is Cc1ccc(CNC(=O)[C@@H](C)[NH+]2CC[NH+](Cc3ccc4c(c3)OCO4)CC2)cc1. The Morgan fingerprint density at radius 1 is 1.00 bits per heavy atom. The van der Waals surface area contributed by atoms with E-state index >= 15 is 0 Å². The highest BCUT2D eigenvalue weighted by atomic mass is 16.7. The Labute approximate surface area is 172 Å². The highest BCUT2D eigenvalue weighted by molar-refractivity contribution is 5.79. The summed E-state index contributed by atoms with van der Waals surface area (Å²) >= 11 is 0. The zero-order valence-corrected chi connectivity index (χ0v) is 17.3. The molecule has 1 atom stereocenters. The van der Waals surface area contributed by atoms with Crippen LogP contribution in [0.1, 0.15) is 23.6 Å². The zero-order chi connectivity index (χ0) is 20.2. The topological polar surface area (TPSA) is 56.4 Å². The van der Waals surface area contributed by atoms with Crippen molar-refractivity contribution in [3.05, 3.63) is 59.2 Å². The van der Waals surface area contributed by atoms with Gasteiger partial charge in [0.25, 0.3) is 5.91 Å². The first-order valence-corrected chi connectivity index (χ1v) is 10.5. The number of aryl methyl sites for hydroxylation is 1. The minimum atomic E-state index is -0.0208. The van der Waals surface area contributed by atoms with Gasteiger partial charge in [-0.25, -0.2) is 0 Å². The summed E-state index contributed by atoms with van der Waals surface area (Å²) < 4.78 is 10.9. The third kappa shape index (κ3) is 4.89.